The molecule has 0 bridgehead atoms. The lowest BCUT2D eigenvalue weighted by molar-refractivity contribution is 0.556. The van der Waals surface area contributed by atoms with Gasteiger partial charge in [-0.1, -0.05) is 142 Å². The highest BCUT2D eigenvalue weighted by Gasteiger charge is 2.21. The molecule has 0 aliphatic rings. The maximum Gasteiger partial charge on any atom is 0.113 e. The van der Waals surface area contributed by atoms with Crippen molar-refractivity contribution in [3.63, 3.8) is 0 Å². The molecule has 0 aliphatic carbocycles. The van der Waals surface area contributed by atoms with Crippen molar-refractivity contribution in [2.24, 2.45) is 0 Å². The molecule has 0 N–H and O–H groups in total. The third-order valence-corrected chi connectivity index (χ3v) is 13.1. The molecule has 5 aromatic rings. The number of hydrogen-bond acceptors (Lipinski definition) is 5. The standard InChI is InChI=1S/C42H60N2S3/c1-5-7-9-11-13-15-17-19-21-23-25-33-36-29-32(4)45-41(36)34(26-24-22-20-18-16-14-12-10-8-6-2)37-30-38(46-42(33)37)35-28-27-31(3)39-40(35)44-47-43-39/h27-30H,5-26H2,1-4H3. The van der Waals surface area contributed by atoms with Crippen LogP contribution < -0.4 is 0 Å². The Morgan fingerprint density at radius 3 is 1.53 bits per heavy atom. The van der Waals surface area contributed by atoms with Gasteiger partial charge in [-0.3, -0.25) is 0 Å². The molecule has 256 valence electrons. The number of aryl methyl sites for hydroxylation is 4. The Morgan fingerprint density at radius 1 is 0.511 bits per heavy atom. The van der Waals surface area contributed by atoms with Crippen molar-refractivity contribution in [3.8, 4) is 10.4 Å². The van der Waals surface area contributed by atoms with E-state index >= 15 is 0 Å². The molecule has 3 heterocycles. The van der Waals surface area contributed by atoms with Gasteiger partial charge in [0.05, 0.1) is 11.7 Å². The summed E-state index contributed by atoms with van der Waals surface area (Å²) in [5.74, 6) is 0. The number of fused-ring (bicyclic) bond motifs is 3. The molecule has 5 heteroatoms. The average molecular weight is 689 g/mol. The Bertz CT molecular complexity index is 1580. The number of nitrogens with zero attached hydrogens (tertiary/aromatic N) is 2. The second-order valence-electron chi connectivity index (χ2n) is 14.2. The monoisotopic (exact) mass is 688 g/mol. The van der Waals surface area contributed by atoms with Gasteiger partial charge in [0.1, 0.15) is 11.0 Å². The van der Waals surface area contributed by atoms with Crippen LogP contribution in [0.2, 0.25) is 0 Å². The van der Waals surface area contributed by atoms with E-state index in [1.807, 2.05) is 22.7 Å². The van der Waals surface area contributed by atoms with Crippen molar-refractivity contribution >= 4 is 65.6 Å². The zero-order valence-corrected chi connectivity index (χ0v) is 32.4. The normalized spacial score (nSPS) is 12.0. The van der Waals surface area contributed by atoms with Gasteiger partial charge in [-0.25, -0.2) is 0 Å². The first-order valence-electron chi connectivity index (χ1n) is 19.3. The van der Waals surface area contributed by atoms with Crippen molar-refractivity contribution in [1.82, 2.24) is 8.75 Å². The second-order valence-corrected chi connectivity index (χ2v) is 17.0. The van der Waals surface area contributed by atoms with Crippen LogP contribution in [0, 0.1) is 13.8 Å². The average Bonchev–Trinajstić information content (AvgIpc) is 3.83. The minimum atomic E-state index is 1.07. The van der Waals surface area contributed by atoms with Crippen molar-refractivity contribution in [3.05, 3.63) is 45.8 Å². The van der Waals surface area contributed by atoms with E-state index in [9.17, 15) is 0 Å². The summed E-state index contributed by atoms with van der Waals surface area (Å²) in [7, 11) is 0. The molecule has 47 heavy (non-hydrogen) atoms. The van der Waals surface area contributed by atoms with Gasteiger partial charge in [0.25, 0.3) is 0 Å². The third-order valence-electron chi connectivity index (χ3n) is 10.2. The highest BCUT2D eigenvalue weighted by atomic mass is 32.1. The summed E-state index contributed by atoms with van der Waals surface area (Å²) in [6.07, 6.45) is 30.1. The molecule has 0 saturated carbocycles. The van der Waals surface area contributed by atoms with E-state index in [0.717, 1.165) is 11.0 Å². The number of hydrogen-bond donors (Lipinski definition) is 0. The summed E-state index contributed by atoms with van der Waals surface area (Å²) in [6.45, 7) is 9.09. The highest BCUT2D eigenvalue weighted by Crippen LogP contribution is 2.46. The zero-order chi connectivity index (χ0) is 32.8. The Kier molecular flexibility index (Phi) is 15.0. The van der Waals surface area contributed by atoms with Gasteiger partial charge in [0.2, 0.25) is 0 Å². The predicted molar refractivity (Wildman–Crippen MR) is 214 cm³/mol. The van der Waals surface area contributed by atoms with E-state index in [2.05, 4.69) is 56.3 Å². The fourth-order valence-electron chi connectivity index (χ4n) is 7.44. The Labute approximate surface area is 298 Å². The topological polar surface area (TPSA) is 25.8 Å². The molecular weight excluding hydrogens is 629 g/mol. The summed E-state index contributed by atoms with van der Waals surface area (Å²) in [5, 5.41) is 3.07. The third kappa shape index (κ3) is 9.88. The van der Waals surface area contributed by atoms with Crippen LogP contribution in [0.1, 0.15) is 164 Å². The number of rotatable bonds is 23. The largest absolute Gasteiger partial charge is 0.173 e. The van der Waals surface area contributed by atoms with E-state index < -0.39 is 0 Å². The van der Waals surface area contributed by atoms with Gasteiger partial charge >= 0.3 is 0 Å². The molecule has 5 rings (SSSR count). The minimum absolute atomic E-state index is 1.07. The van der Waals surface area contributed by atoms with E-state index in [1.165, 1.54) is 179 Å². The first kappa shape index (κ1) is 36.5. The molecule has 0 saturated heterocycles. The van der Waals surface area contributed by atoms with Gasteiger partial charge in [-0.15, -0.1) is 22.7 Å². The first-order valence-corrected chi connectivity index (χ1v) is 21.7. The van der Waals surface area contributed by atoms with Crippen LogP contribution in [-0.2, 0) is 12.8 Å². The maximum atomic E-state index is 4.78. The van der Waals surface area contributed by atoms with Crippen LogP contribution in [-0.4, -0.2) is 8.75 Å². The van der Waals surface area contributed by atoms with E-state index in [-0.39, 0.29) is 0 Å². The molecule has 0 unspecified atom stereocenters. The van der Waals surface area contributed by atoms with Gasteiger partial charge in [0.15, 0.2) is 0 Å². The molecule has 2 aromatic carbocycles. The number of aromatic nitrogens is 2. The molecule has 0 fully saturated rings. The van der Waals surface area contributed by atoms with Crippen LogP contribution >= 0.6 is 34.4 Å². The molecule has 0 atom stereocenters. The van der Waals surface area contributed by atoms with Crippen molar-refractivity contribution < 1.29 is 0 Å². The lowest BCUT2D eigenvalue weighted by atomic mass is 9.94. The van der Waals surface area contributed by atoms with E-state index in [4.69, 9.17) is 4.37 Å². The smallest absolute Gasteiger partial charge is 0.113 e. The summed E-state index contributed by atoms with van der Waals surface area (Å²) in [4.78, 5) is 2.82. The fourth-order valence-corrected chi connectivity index (χ4v) is 10.5. The SMILES string of the molecule is CCCCCCCCCCCCc1c2cc(-c3ccc(C)c4nsnc34)sc2c(CCCCCCCCCCCC)c2cc(C)sc12. The van der Waals surface area contributed by atoms with Crippen LogP contribution in [0.15, 0.2) is 24.3 Å². The predicted octanol–water partition coefficient (Wildman–Crippen LogP) is 15.3. The Balaban J connectivity index is 1.33. The molecule has 0 amide bonds. The number of thiophene rings is 2. The molecule has 2 nitrogen and oxygen atoms in total. The van der Waals surface area contributed by atoms with Gasteiger partial charge in [-0.2, -0.15) is 8.75 Å². The molecular formula is C42H60N2S3. The van der Waals surface area contributed by atoms with E-state index in [0.29, 0.717) is 0 Å². The second kappa shape index (κ2) is 19.4. The minimum Gasteiger partial charge on any atom is -0.173 e. The van der Waals surface area contributed by atoms with Crippen molar-refractivity contribution in [1.29, 1.82) is 0 Å². The zero-order valence-electron chi connectivity index (χ0n) is 30.0. The van der Waals surface area contributed by atoms with Gasteiger partial charge in [0, 0.05) is 24.7 Å². The lowest BCUT2D eigenvalue weighted by Crippen LogP contribution is -1.93. The Morgan fingerprint density at radius 2 is 0.979 bits per heavy atom. The van der Waals surface area contributed by atoms with Gasteiger partial charge < -0.3 is 0 Å². The summed E-state index contributed by atoms with van der Waals surface area (Å²) in [5.41, 5.74) is 7.85. The number of benzene rings is 2. The molecule has 3 aromatic heterocycles. The number of unbranched alkanes of at least 4 members (excludes halogenated alkanes) is 18. The highest BCUT2D eigenvalue weighted by molar-refractivity contribution is 7.23. The Hall–Kier alpha value is -1.82. The maximum absolute atomic E-state index is 4.78. The fraction of sp³-hybridized carbons (Fsp3) is 0.619. The van der Waals surface area contributed by atoms with Crippen LogP contribution in [0.3, 0.4) is 0 Å². The van der Waals surface area contributed by atoms with E-state index in [1.54, 1.807) is 25.9 Å². The quantitative estimate of drug-likeness (QED) is 0.0638. The summed E-state index contributed by atoms with van der Waals surface area (Å²) in [6, 6.07) is 9.58. The lowest BCUT2D eigenvalue weighted by Gasteiger charge is -2.12. The van der Waals surface area contributed by atoms with Gasteiger partial charge in [-0.05, 0) is 79.1 Å². The summed E-state index contributed by atoms with van der Waals surface area (Å²) < 4.78 is 12.5. The summed E-state index contributed by atoms with van der Waals surface area (Å²) >= 11 is 5.41. The first-order chi connectivity index (χ1) is 23.1. The van der Waals surface area contributed by atoms with Crippen LogP contribution in [0.25, 0.3) is 41.6 Å². The van der Waals surface area contributed by atoms with Crippen molar-refractivity contribution in [2.45, 2.75) is 169 Å². The van der Waals surface area contributed by atoms with Crippen LogP contribution in [0.5, 0.6) is 0 Å². The molecule has 0 radical (unpaired) electrons. The van der Waals surface area contributed by atoms with Crippen molar-refractivity contribution in [2.75, 3.05) is 0 Å². The molecule has 0 spiro atoms. The van der Waals surface area contributed by atoms with Crippen LogP contribution in [0.4, 0.5) is 0 Å². The molecule has 0 aliphatic heterocycles.